The van der Waals surface area contributed by atoms with E-state index >= 15 is 0 Å². The van der Waals surface area contributed by atoms with E-state index in [9.17, 15) is 13.2 Å². The molecule has 2 heterocycles. The van der Waals surface area contributed by atoms with E-state index in [-0.39, 0.29) is 11.7 Å². The number of methoxy groups -OCH3 is 1. The van der Waals surface area contributed by atoms with Gasteiger partial charge in [0, 0.05) is 5.69 Å². The summed E-state index contributed by atoms with van der Waals surface area (Å²) in [6.45, 7) is 0. The summed E-state index contributed by atoms with van der Waals surface area (Å²) in [6, 6.07) is 4.58. The molecule has 0 aliphatic carbocycles. The molecular weight excluding hydrogens is 299 g/mol. The van der Waals surface area contributed by atoms with Crippen molar-refractivity contribution in [2.75, 3.05) is 12.4 Å². The third-order valence-electron chi connectivity index (χ3n) is 2.90. The molecule has 0 saturated heterocycles. The lowest BCUT2D eigenvalue weighted by Gasteiger charge is -2.10. The van der Waals surface area contributed by atoms with E-state index in [0.717, 1.165) is 12.1 Å². The fraction of sp³-hybridized carbons (Fsp3) is 0.154. The number of alkyl halides is 3. The van der Waals surface area contributed by atoms with E-state index in [4.69, 9.17) is 4.74 Å². The maximum Gasteiger partial charge on any atom is 0.416 e. The number of nitrogens with zero attached hydrogens (tertiary/aromatic N) is 3. The summed E-state index contributed by atoms with van der Waals surface area (Å²) in [7, 11) is 1.42. The second-order valence-corrected chi connectivity index (χ2v) is 4.36. The molecule has 0 saturated carbocycles. The van der Waals surface area contributed by atoms with Crippen LogP contribution in [0.1, 0.15) is 5.56 Å². The van der Waals surface area contributed by atoms with Crippen molar-refractivity contribution >= 4 is 22.8 Å². The summed E-state index contributed by atoms with van der Waals surface area (Å²) in [5, 5.41) is 2.87. The van der Waals surface area contributed by atoms with E-state index in [1.807, 2.05) is 0 Å². The number of hydrogen-bond donors (Lipinski definition) is 2. The van der Waals surface area contributed by atoms with Crippen LogP contribution in [0, 0.1) is 0 Å². The van der Waals surface area contributed by atoms with Crippen molar-refractivity contribution < 1.29 is 17.9 Å². The Hall–Kier alpha value is -2.84. The molecule has 2 aromatic heterocycles. The van der Waals surface area contributed by atoms with Gasteiger partial charge in [-0.05, 0) is 24.3 Å². The number of halogens is 3. The maximum atomic E-state index is 12.5. The number of H-pyrrole nitrogens is 1. The molecule has 22 heavy (non-hydrogen) atoms. The zero-order valence-electron chi connectivity index (χ0n) is 11.3. The van der Waals surface area contributed by atoms with Crippen molar-refractivity contribution in [3.8, 4) is 5.88 Å². The second kappa shape index (κ2) is 5.17. The van der Waals surface area contributed by atoms with Crippen molar-refractivity contribution in [3.63, 3.8) is 0 Å². The highest BCUT2D eigenvalue weighted by Gasteiger charge is 2.30. The Balaban J connectivity index is 1.92. The van der Waals surface area contributed by atoms with Crippen LogP contribution in [-0.2, 0) is 6.18 Å². The zero-order valence-corrected chi connectivity index (χ0v) is 11.3. The summed E-state index contributed by atoms with van der Waals surface area (Å²) in [6.07, 6.45) is -2.93. The monoisotopic (exact) mass is 309 g/mol. The van der Waals surface area contributed by atoms with Crippen LogP contribution in [0.4, 0.5) is 24.7 Å². The van der Waals surface area contributed by atoms with Gasteiger partial charge in [0.15, 0.2) is 11.5 Å². The zero-order chi connectivity index (χ0) is 15.7. The molecule has 9 heteroatoms. The van der Waals surface area contributed by atoms with Gasteiger partial charge < -0.3 is 15.0 Å². The Morgan fingerprint density at radius 3 is 2.50 bits per heavy atom. The lowest BCUT2D eigenvalue weighted by Crippen LogP contribution is -2.05. The van der Waals surface area contributed by atoms with Gasteiger partial charge in [-0.3, -0.25) is 0 Å². The van der Waals surface area contributed by atoms with Crippen molar-refractivity contribution in [2.45, 2.75) is 6.18 Å². The van der Waals surface area contributed by atoms with Crippen LogP contribution in [0.5, 0.6) is 5.88 Å². The quantitative estimate of drug-likeness (QED) is 0.777. The molecule has 0 aliphatic rings. The molecule has 0 radical (unpaired) electrons. The van der Waals surface area contributed by atoms with E-state index in [2.05, 4.69) is 25.3 Å². The summed E-state index contributed by atoms with van der Waals surface area (Å²) < 4.78 is 42.7. The van der Waals surface area contributed by atoms with Crippen molar-refractivity contribution in [3.05, 3.63) is 36.2 Å². The average molecular weight is 309 g/mol. The molecule has 2 N–H and O–H groups in total. The van der Waals surface area contributed by atoms with Gasteiger partial charge in [-0.15, -0.1) is 0 Å². The van der Waals surface area contributed by atoms with Crippen molar-refractivity contribution in [1.82, 2.24) is 19.9 Å². The average Bonchev–Trinajstić information content (AvgIpc) is 2.93. The molecule has 6 nitrogen and oxygen atoms in total. The number of benzene rings is 1. The Morgan fingerprint density at radius 2 is 1.86 bits per heavy atom. The number of nitrogens with one attached hydrogen (secondary N) is 2. The molecule has 3 rings (SSSR count). The van der Waals surface area contributed by atoms with Crippen LogP contribution in [0.2, 0.25) is 0 Å². The third kappa shape index (κ3) is 2.65. The molecular formula is C13H10F3N5O. The highest BCUT2D eigenvalue weighted by molar-refractivity contribution is 5.72. The first kappa shape index (κ1) is 14.1. The molecule has 3 aromatic rings. The molecule has 0 amide bonds. The van der Waals surface area contributed by atoms with Gasteiger partial charge >= 0.3 is 6.18 Å². The Bertz CT molecular complexity index is 798. The largest absolute Gasteiger partial charge is 0.478 e. The SMILES string of the molecule is COc1nc2nc[nH]c2nc1Nc1ccc(C(F)(F)F)cc1. The molecule has 1 aromatic carbocycles. The number of ether oxygens (including phenoxy) is 1. The summed E-state index contributed by atoms with van der Waals surface area (Å²) in [5.74, 6) is 0.471. The predicted octanol–water partition coefficient (Wildman–Crippen LogP) is 3.12. The first-order chi connectivity index (χ1) is 10.5. The highest BCUT2D eigenvalue weighted by Crippen LogP contribution is 2.31. The van der Waals surface area contributed by atoms with Crippen molar-refractivity contribution in [2.24, 2.45) is 0 Å². The van der Waals surface area contributed by atoms with Crippen LogP contribution in [0.15, 0.2) is 30.6 Å². The smallest absolute Gasteiger partial charge is 0.416 e. The van der Waals surface area contributed by atoms with Gasteiger partial charge in [0.2, 0.25) is 5.65 Å². The Labute approximate surface area is 122 Å². The molecule has 0 aliphatic heterocycles. The minimum atomic E-state index is -4.37. The highest BCUT2D eigenvalue weighted by atomic mass is 19.4. The number of hydrogen-bond acceptors (Lipinski definition) is 5. The number of anilines is 2. The molecule has 0 atom stereocenters. The first-order valence-electron chi connectivity index (χ1n) is 6.17. The summed E-state index contributed by atoms with van der Waals surface area (Å²) >= 11 is 0. The number of rotatable bonds is 3. The number of aromatic amines is 1. The van der Waals surface area contributed by atoms with Crippen molar-refractivity contribution in [1.29, 1.82) is 0 Å². The van der Waals surface area contributed by atoms with Crippen LogP contribution >= 0.6 is 0 Å². The fourth-order valence-electron chi connectivity index (χ4n) is 1.86. The van der Waals surface area contributed by atoms with Gasteiger partial charge in [-0.1, -0.05) is 0 Å². The van der Waals surface area contributed by atoms with Gasteiger partial charge in [0.25, 0.3) is 5.88 Å². The number of fused-ring (bicyclic) bond motifs is 1. The van der Waals surface area contributed by atoms with Gasteiger partial charge in [0.05, 0.1) is 19.0 Å². The van der Waals surface area contributed by atoms with E-state index in [0.29, 0.717) is 17.0 Å². The van der Waals surface area contributed by atoms with E-state index in [1.54, 1.807) is 0 Å². The molecule has 0 unspecified atom stereocenters. The standard InChI is InChI=1S/C13H10F3N5O/c1-22-12-11(20-9-10(21-12)18-6-17-9)19-8-4-2-7(3-5-8)13(14,15)16/h2-6H,1H3,(H2,17,18,19,20,21). The molecule has 0 spiro atoms. The van der Waals surface area contributed by atoms with E-state index in [1.165, 1.54) is 25.6 Å². The molecule has 0 bridgehead atoms. The molecule has 0 fully saturated rings. The minimum Gasteiger partial charge on any atom is -0.478 e. The minimum absolute atomic E-state index is 0.194. The Kier molecular flexibility index (Phi) is 3.32. The van der Waals surface area contributed by atoms with Crippen LogP contribution < -0.4 is 10.1 Å². The number of aromatic nitrogens is 4. The van der Waals surface area contributed by atoms with Gasteiger partial charge in [-0.2, -0.15) is 18.2 Å². The fourth-order valence-corrected chi connectivity index (χ4v) is 1.86. The van der Waals surface area contributed by atoms with Gasteiger partial charge in [-0.25, -0.2) is 9.97 Å². The first-order valence-corrected chi connectivity index (χ1v) is 6.17. The summed E-state index contributed by atoms with van der Waals surface area (Å²) in [4.78, 5) is 15.1. The predicted molar refractivity (Wildman–Crippen MR) is 73.0 cm³/mol. The normalized spacial score (nSPS) is 11.6. The van der Waals surface area contributed by atoms with E-state index < -0.39 is 11.7 Å². The van der Waals surface area contributed by atoms with Gasteiger partial charge in [0.1, 0.15) is 0 Å². The van der Waals surface area contributed by atoms with Crippen LogP contribution in [-0.4, -0.2) is 27.0 Å². The number of imidazole rings is 1. The second-order valence-electron chi connectivity index (χ2n) is 4.36. The lowest BCUT2D eigenvalue weighted by molar-refractivity contribution is -0.137. The lowest BCUT2D eigenvalue weighted by atomic mass is 10.2. The third-order valence-corrected chi connectivity index (χ3v) is 2.90. The summed E-state index contributed by atoms with van der Waals surface area (Å²) in [5.41, 5.74) is 0.532. The maximum absolute atomic E-state index is 12.5. The van der Waals surface area contributed by atoms with Crippen LogP contribution in [0.25, 0.3) is 11.3 Å². The molecule has 114 valence electrons. The van der Waals surface area contributed by atoms with Crippen LogP contribution in [0.3, 0.4) is 0 Å². The Morgan fingerprint density at radius 1 is 1.14 bits per heavy atom. The topological polar surface area (TPSA) is 75.7 Å².